The van der Waals surface area contributed by atoms with Crippen molar-refractivity contribution < 1.29 is 14.3 Å². The van der Waals surface area contributed by atoms with Gasteiger partial charge in [-0.15, -0.1) is 0 Å². The molecule has 17 heavy (non-hydrogen) atoms. The molecule has 94 valence electrons. The zero-order valence-corrected chi connectivity index (χ0v) is 10.5. The number of ether oxygens (including phenoxy) is 2. The number of nitrogens with two attached hydrogens (primary N) is 1. The third-order valence-electron chi connectivity index (χ3n) is 2.13. The Balaban J connectivity index is 2.87. The molecule has 0 aliphatic carbocycles. The number of benzene rings is 1. The molecule has 2 N–H and O–H groups in total. The Labute approximate surface area is 102 Å². The summed E-state index contributed by atoms with van der Waals surface area (Å²) in [7, 11) is 0. The lowest BCUT2D eigenvalue weighted by atomic mass is 10.1. The van der Waals surface area contributed by atoms with Crippen molar-refractivity contribution in [3.63, 3.8) is 0 Å². The number of esters is 1. The first-order chi connectivity index (χ1) is 8.06. The van der Waals surface area contributed by atoms with E-state index in [4.69, 9.17) is 15.2 Å². The quantitative estimate of drug-likeness (QED) is 0.631. The van der Waals surface area contributed by atoms with E-state index in [1.165, 1.54) is 0 Å². The molecule has 0 unspecified atom stereocenters. The highest BCUT2D eigenvalue weighted by molar-refractivity contribution is 5.96. The maximum absolute atomic E-state index is 11.6. The van der Waals surface area contributed by atoms with Crippen LogP contribution < -0.4 is 10.5 Å². The smallest absolute Gasteiger partial charge is 0.340 e. The molecule has 0 amide bonds. The minimum Gasteiger partial charge on any atom is -0.491 e. The molecule has 0 radical (unpaired) electrons. The van der Waals surface area contributed by atoms with Crippen molar-refractivity contribution in [2.24, 2.45) is 5.92 Å². The van der Waals surface area contributed by atoms with E-state index in [1.807, 2.05) is 13.8 Å². The zero-order valence-electron chi connectivity index (χ0n) is 10.5. The maximum Gasteiger partial charge on any atom is 0.340 e. The first-order valence-corrected chi connectivity index (χ1v) is 5.74. The Morgan fingerprint density at radius 1 is 1.41 bits per heavy atom. The topological polar surface area (TPSA) is 61.5 Å². The van der Waals surface area contributed by atoms with E-state index in [0.29, 0.717) is 36.1 Å². The number of hydrogen-bond donors (Lipinski definition) is 1. The summed E-state index contributed by atoms with van der Waals surface area (Å²) in [5.74, 6) is 0.518. The largest absolute Gasteiger partial charge is 0.491 e. The van der Waals surface area contributed by atoms with Crippen LogP contribution in [0.5, 0.6) is 5.75 Å². The molecule has 1 aromatic carbocycles. The maximum atomic E-state index is 11.6. The summed E-state index contributed by atoms with van der Waals surface area (Å²) in [6.07, 6.45) is 0. The molecule has 4 nitrogen and oxygen atoms in total. The number of hydrogen-bond acceptors (Lipinski definition) is 4. The average molecular weight is 237 g/mol. The second-order valence-electron chi connectivity index (χ2n) is 4.14. The number of para-hydroxylation sites is 1. The molecule has 0 fully saturated rings. The Hall–Kier alpha value is -1.71. The summed E-state index contributed by atoms with van der Waals surface area (Å²) in [4.78, 5) is 11.6. The van der Waals surface area contributed by atoms with Gasteiger partial charge in [-0.3, -0.25) is 0 Å². The zero-order chi connectivity index (χ0) is 12.8. The molecular formula is C13H19NO3. The van der Waals surface area contributed by atoms with Crippen LogP contribution in [0.15, 0.2) is 18.2 Å². The van der Waals surface area contributed by atoms with E-state index in [0.717, 1.165) is 0 Å². The van der Waals surface area contributed by atoms with E-state index in [1.54, 1.807) is 25.1 Å². The normalized spacial score (nSPS) is 10.4. The summed E-state index contributed by atoms with van der Waals surface area (Å²) in [6.45, 7) is 6.75. The van der Waals surface area contributed by atoms with Gasteiger partial charge in [0.25, 0.3) is 0 Å². The highest BCUT2D eigenvalue weighted by Crippen LogP contribution is 2.26. The summed E-state index contributed by atoms with van der Waals surface area (Å²) in [6, 6.07) is 5.12. The predicted octanol–water partition coefficient (Wildman–Crippen LogP) is 2.48. The molecular weight excluding hydrogens is 218 g/mol. The van der Waals surface area contributed by atoms with Gasteiger partial charge in [0, 0.05) is 0 Å². The van der Waals surface area contributed by atoms with Crippen LogP contribution >= 0.6 is 0 Å². The van der Waals surface area contributed by atoms with Crippen molar-refractivity contribution in [3.05, 3.63) is 23.8 Å². The third kappa shape index (κ3) is 3.66. The summed E-state index contributed by atoms with van der Waals surface area (Å²) in [5.41, 5.74) is 6.57. The van der Waals surface area contributed by atoms with E-state index in [2.05, 4.69) is 0 Å². The highest BCUT2D eigenvalue weighted by atomic mass is 16.5. The molecule has 0 saturated heterocycles. The Kier molecular flexibility index (Phi) is 4.82. The number of carbonyl (C=O) groups excluding carboxylic acids is 1. The van der Waals surface area contributed by atoms with Crippen molar-refractivity contribution in [2.45, 2.75) is 20.8 Å². The Morgan fingerprint density at radius 2 is 2.12 bits per heavy atom. The predicted molar refractivity (Wildman–Crippen MR) is 67.1 cm³/mol. The van der Waals surface area contributed by atoms with Gasteiger partial charge in [0.15, 0.2) is 0 Å². The van der Waals surface area contributed by atoms with E-state index >= 15 is 0 Å². The highest BCUT2D eigenvalue weighted by Gasteiger charge is 2.14. The van der Waals surface area contributed by atoms with Crippen molar-refractivity contribution in [2.75, 3.05) is 18.9 Å². The number of anilines is 1. The van der Waals surface area contributed by atoms with E-state index in [9.17, 15) is 4.79 Å². The molecule has 1 aromatic rings. The van der Waals surface area contributed by atoms with E-state index in [-0.39, 0.29) is 0 Å². The van der Waals surface area contributed by atoms with Crippen LogP contribution in [-0.2, 0) is 4.74 Å². The van der Waals surface area contributed by atoms with Crippen molar-refractivity contribution in [3.8, 4) is 5.75 Å². The fourth-order valence-corrected chi connectivity index (χ4v) is 1.31. The van der Waals surface area contributed by atoms with Gasteiger partial charge in [0.2, 0.25) is 0 Å². The molecule has 0 bridgehead atoms. The van der Waals surface area contributed by atoms with Gasteiger partial charge < -0.3 is 15.2 Å². The van der Waals surface area contributed by atoms with Crippen LogP contribution in [0.2, 0.25) is 0 Å². The van der Waals surface area contributed by atoms with Crippen molar-refractivity contribution in [1.29, 1.82) is 0 Å². The first kappa shape index (κ1) is 13.4. The number of rotatable bonds is 5. The second-order valence-corrected chi connectivity index (χ2v) is 4.14. The fourth-order valence-electron chi connectivity index (χ4n) is 1.31. The molecule has 4 heteroatoms. The SMILES string of the molecule is CCOC(=O)c1cccc(OCC(C)C)c1N. The third-order valence-corrected chi connectivity index (χ3v) is 2.13. The minimum absolute atomic E-state index is 0.329. The lowest BCUT2D eigenvalue weighted by Gasteiger charge is -2.13. The van der Waals surface area contributed by atoms with Crippen LogP contribution in [0.1, 0.15) is 31.1 Å². The van der Waals surface area contributed by atoms with Crippen molar-refractivity contribution in [1.82, 2.24) is 0 Å². The fraction of sp³-hybridized carbons (Fsp3) is 0.462. The van der Waals surface area contributed by atoms with Crippen LogP contribution in [0, 0.1) is 5.92 Å². The molecule has 0 atom stereocenters. The van der Waals surface area contributed by atoms with Crippen molar-refractivity contribution >= 4 is 11.7 Å². The molecule has 1 rings (SSSR count). The van der Waals surface area contributed by atoms with Gasteiger partial charge in [-0.1, -0.05) is 19.9 Å². The van der Waals surface area contributed by atoms with Crippen LogP contribution in [0.3, 0.4) is 0 Å². The van der Waals surface area contributed by atoms with Crippen LogP contribution in [-0.4, -0.2) is 19.2 Å². The van der Waals surface area contributed by atoms with E-state index < -0.39 is 5.97 Å². The van der Waals surface area contributed by atoms with Crippen LogP contribution in [0.4, 0.5) is 5.69 Å². The molecule has 0 heterocycles. The van der Waals surface area contributed by atoms with Gasteiger partial charge in [-0.05, 0) is 25.0 Å². The molecule has 0 aliphatic rings. The first-order valence-electron chi connectivity index (χ1n) is 5.74. The molecule has 0 aliphatic heterocycles. The monoisotopic (exact) mass is 237 g/mol. The Bertz CT molecular complexity index is 388. The van der Waals surface area contributed by atoms with Gasteiger partial charge in [0.1, 0.15) is 5.75 Å². The second kappa shape index (κ2) is 6.13. The van der Waals surface area contributed by atoms with Gasteiger partial charge in [-0.2, -0.15) is 0 Å². The summed E-state index contributed by atoms with van der Waals surface area (Å²) >= 11 is 0. The lowest BCUT2D eigenvalue weighted by Crippen LogP contribution is -2.11. The van der Waals surface area contributed by atoms with Crippen LogP contribution in [0.25, 0.3) is 0 Å². The van der Waals surface area contributed by atoms with Gasteiger partial charge >= 0.3 is 5.97 Å². The minimum atomic E-state index is -0.417. The van der Waals surface area contributed by atoms with Gasteiger partial charge in [0.05, 0.1) is 24.5 Å². The molecule has 0 spiro atoms. The number of carbonyl (C=O) groups is 1. The van der Waals surface area contributed by atoms with Gasteiger partial charge in [-0.25, -0.2) is 4.79 Å². The standard InChI is InChI=1S/C13H19NO3/c1-4-16-13(15)10-6-5-7-11(12(10)14)17-8-9(2)3/h5-7,9H,4,8,14H2,1-3H3. The summed E-state index contributed by atoms with van der Waals surface area (Å²) in [5, 5.41) is 0. The molecule has 0 aromatic heterocycles. The summed E-state index contributed by atoms with van der Waals surface area (Å²) < 4.78 is 10.4. The average Bonchev–Trinajstić information content (AvgIpc) is 2.27. The molecule has 0 saturated carbocycles. The number of nitrogen functional groups attached to an aromatic ring is 1. The Morgan fingerprint density at radius 3 is 2.71 bits per heavy atom. The lowest BCUT2D eigenvalue weighted by molar-refractivity contribution is 0.0527.